The molecule has 0 radical (unpaired) electrons. The quantitative estimate of drug-likeness (QED) is 0.459. The zero-order chi connectivity index (χ0) is 30.3. The van der Waals surface area contributed by atoms with Crippen molar-refractivity contribution in [3.63, 3.8) is 0 Å². The number of rotatable bonds is 8. The number of morpholine rings is 1. The summed E-state index contributed by atoms with van der Waals surface area (Å²) in [5, 5.41) is 3.78. The predicted octanol–water partition coefficient (Wildman–Crippen LogP) is 3.38. The minimum atomic E-state index is -0.389. The Bertz CT molecular complexity index is 1380. The summed E-state index contributed by atoms with van der Waals surface area (Å²) in [6.45, 7) is 10.2. The number of hydrogen-bond acceptors (Lipinski definition) is 8. The molecule has 236 valence electrons. The lowest BCUT2D eigenvalue weighted by molar-refractivity contribution is 0.0330. The number of amides is 2. The van der Waals surface area contributed by atoms with E-state index in [0.717, 1.165) is 89.7 Å². The summed E-state index contributed by atoms with van der Waals surface area (Å²) in [5.74, 6) is -0.0342. The van der Waals surface area contributed by atoms with Crippen molar-refractivity contribution in [2.75, 3.05) is 85.8 Å². The van der Waals surface area contributed by atoms with Gasteiger partial charge in [0, 0.05) is 88.0 Å². The number of allylic oxidation sites excluding steroid dienone is 3. The van der Waals surface area contributed by atoms with E-state index >= 15 is 4.39 Å². The highest BCUT2D eigenvalue weighted by atomic mass is 19.1. The molecule has 3 aliphatic heterocycles. The number of nitrogens with one attached hydrogen (secondary N) is 1. The van der Waals surface area contributed by atoms with Crippen LogP contribution in [-0.4, -0.2) is 127 Å². The smallest absolute Gasteiger partial charge is 0.321 e. The average Bonchev–Trinajstić information content (AvgIpc) is 3.30. The second-order valence-electron chi connectivity index (χ2n) is 12.1. The maximum Gasteiger partial charge on any atom is 0.321 e. The number of benzene rings is 1. The van der Waals surface area contributed by atoms with E-state index in [1.54, 1.807) is 12.4 Å². The molecule has 3 fully saturated rings. The second-order valence-corrected chi connectivity index (χ2v) is 12.1. The lowest BCUT2D eigenvalue weighted by Crippen LogP contribution is -2.44. The standard InChI is InChI=1S/C33H44FN7O3/c1-38-13-15-39(16-14-38)10-3-19-44-31-23-30-28(22-29(31)34)32(36-24-35-30)25-8-11-41(12-9-25)33(42)37-26-4-2-5-27(7-6-26)40-17-20-43-21-18-40/h2,4-7,22-25,27H,3,8-21H2,1H3,(H,37,42). The van der Waals surface area contributed by atoms with Crippen LogP contribution in [0.3, 0.4) is 0 Å². The Hall–Kier alpha value is -3.38. The molecule has 44 heavy (non-hydrogen) atoms. The fraction of sp³-hybridized carbons (Fsp3) is 0.545. The van der Waals surface area contributed by atoms with Crippen LogP contribution >= 0.6 is 0 Å². The van der Waals surface area contributed by atoms with Gasteiger partial charge in [0.2, 0.25) is 0 Å². The van der Waals surface area contributed by atoms with Crippen molar-refractivity contribution in [1.82, 2.24) is 34.9 Å². The van der Waals surface area contributed by atoms with Crippen LogP contribution in [0.4, 0.5) is 9.18 Å². The number of ether oxygens (including phenoxy) is 2. The first-order valence-corrected chi connectivity index (χ1v) is 16.0. The lowest BCUT2D eigenvalue weighted by Gasteiger charge is -2.32. The van der Waals surface area contributed by atoms with Gasteiger partial charge in [0.05, 0.1) is 31.0 Å². The van der Waals surface area contributed by atoms with E-state index in [4.69, 9.17) is 9.47 Å². The van der Waals surface area contributed by atoms with Crippen LogP contribution in [0, 0.1) is 5.82 Å². The van der Waals surface area contributed by atoms with Crippen molar-refractivity contribution in [3.8, 4) is 5.75 Å². The van der Waals surface area contributed by atoms with Gasteiger partial charge >= 0.3 is 6.03 Å². The molecule has 4 aliphatic rings. The van der Waals surface area contributed by atoms with E-state index in [2.05, 4.69) is 49.2 Å². The van der Waals surface area contributed by atoms with E-state index in [9.17, 15) is 4.79 Å². The highest BCUT2D eigenvalue weighted by Crippen LogP contribution is 2.33. The Kier molecular flexibility index (Phi) is 10.2. The summed E-state index contributed by atoms with van der Waals surface area (Å²) in [5.41, 5.74) is 2.30. The Morgan fingerprint density at radius 1 is 1.05 bits per heavy atom. The molecule has 1 N–H and O–H groups in total. The lowest BCUT2D eigenvalue weighted by atomic mass is 9.91. The average molecular weight is 606 g/mol. The van der Waals surface area contributed by atoms with Crippen LogP contribution in [0.1, 0.15) is 30.9 Å². The number of carbonyl (C=O) groups is 1. The highest BCUT2D eigenvalue weighted by molar-refractivity contribution is 5.83. The summed E-state index contributed by atoms with van der Waals surface area (Å²) in [6, 6.07) is 3.30. The van der Waals surface area contributed by atoms with Gasteiger partial charge < -0.3 is 29.5 Å². The van der Waals surface area contributed by atoms with Crippen molar-refractivity contribution >= 4 is 16.9 Å². The van der Waals surface area contributed by atoms with Crippen LogP contribution in [0.2, 0.25) is 0 Å². The van der Waals surface area contributed by atoms with Gasteiger partial charge in [-0.1, -0.05) is 18.2 Å². The molecule has 2 aromatic rings. The molecule has 11 heteroatoms. The van der Waals surface area contributed by atoms with Gasteiger partial charge in [-0.25, -0.2) is 19.2 Å². The zero-order valence-corrected chi connectivity index (χ0v) is 25.7. The summed E-state index contributed by atoms with van der Waals surface area (Å²) in [4.78, 5) is 31.1. The first-order chi connectivity index (χ1) is 21.5. The third-order valence-electron chi connectivity index (χ3n) is 9.14. The Labute approximate surface area is 259 Å². The summed E-state index contributed by atoms with van der Waals surface area (Å²) in [6.07, 6.45) is 14.1. The summed E-state index contributed by atoms with van der Waals surface area (Å²) >= 11 is 0. The summed E-state index contributed by atoms with van der Waals surface area (Å²) < 4.78 is 26.5. The van der Waals surface area contributed by atoms with Gasteiger partial charge in [-0.3, -0.25) is 4.90 Å². The van der Waals surface area contributed by atoms with Crippen molar-refractivity contribution < 1.29 is 18.7 Å². The molecular formula is C33H44FN7O3. The molecule has 1 atom stereocenters. The van der Waals surface area contributed by atoms with Gasteiger partial charge in [0.15, 0.2) is 11.6 Å². The van der Waals surface area contributed by atoms with Crippen LogP contribution in [0.25, 0.3) is 10.9 Å². The fourth-order valence-electron chi connectivity index (χ4n) is 6.41. The number of halogens is 1. The normalized spacial score (nSPS) is 22.6. The molecule has 0 bridgehead atoms. The van der Waals surface area contributed by atoms with Crippen molar-refractivity contribution in [1.29, 1.82) is 0 Å². The number of likely N-dealkylation sites (tertiary alicyclic amines) is 1. The SMILES string of the molecule is CN1CCN(CCCOc2cc3ncnc(C4CCN(C(=O)NC5=CC=CC(N6CCOCC6)C=C5)CC4)c3cc2F)CC1. The van der Waals surface area contributed by atoms with E-state index in [1.165, 1.54) is 6.07 Å². The Balaban J connectivity index is 1.00. The molecule has 1 aliphatic carbocycles. The zero-order valence-electron chi connectivity index (χ0n) is 25.7. The topological polar surface area (TPSA) is 86.3 Å². The molecule has 2 amide bonds. The van der Waals surface area contributed by atoms with Crippen LogP contribution in [-0.2, 0) is 4.74 Å². The first kappa shape index (κ1) is 30.6. The van der Waals surface area contributed by atoms with Gasteiger partial charge in [-0.05, 0) is 44.5 Å². The molecule has 1 unspecified atom stereocenters. The van der Waals surface area contributed by atoms with Crippen molar-refractivity contribution in [3.05, 3.63) is 66.0 Å². The molecule has 0 spiro atoms. The molecular weight excluding hydrogens is 561 g/mol. The van der Waals surface area contributed by atoms with E-state index < -0.39 is 0 Å². The van der Waals surface area contributed by atoms with Crippen LogP contribution < -0.4 is 10.1 Å². The predicted molar refractivity (Wildman–Crippen MR) is 168 cm³/mol. The maximum atomic E-state index is 15.2. The molecule has 0 saturated carbocycles. The van der Waals surface area contributed by atoms with Gasteiger partial charge in [-0.15, -0.1) is 0 Å². The van der Waals surface area contributed by atoms with Crippen LogP contribution in [0.15, 0.2) is 54.5 Å². The third kappa shape index (κ3) is 7.63. The second kappa shape index (κ2) is 14.6. The molecule has 6 rings (SSSR count). The fourth-order valence-corrected chi connectivity index (χ4v) is 6.41. The van der Waals surface area contributed by atoms with Gasteiger partial charge in [-0.2, -0.15) is 0 Å². The number of fused-ring (bicyclic) bond motifs is 1. The van der Waals surface area contributed by atoms with E-state index in [0.29, 0.717) is 30.6 Å². The largest absolute Gasteiger partial charge is 0.490 e. The van der Waals surface area contributed by atoms with E-state index in [1.807, 2.05) is 23.1 Å². The molecule has 3 saturated heterocycles. The van der Waals surface area contributed by atoms with E-state index in [-0.39, 0.29) is 29.6 Å². The Morgan fingerprint density at radius 3 is 2.64 bits per heavy atom. The number of piperidine rings is 1. The third-order valence-corrected chi connectivity index (χ3v) is 9.14. The number of urea groups is 1. The number of piperazine rings is 1. The van der Waals surface area contributed by atoms with Gasteiger partial charge in [0.25, 0.3) is 0 Å². The van der Waals surface area contributed by atoms with Crippen molar-refractivity contribution in [2.24, 2.45) is 0 Å². The minimum Gasteiger partial charge on any atom is -0.490 e. The molecule has 1 aromatic heterocycles. The number of nitrogens with zero attached hydrogens (tertiary/aromatic N) is 6. The number of carbonyl (C=O) groups excluding carboxylic acids is 1. The molecule has 1 aromatic carbocycles. The molecule has 10 nitrogen and oxygen atoms in total. The van der Waals surface area contributed by atoms with Crippen molar-refractivity contribution in [2.45, 2.75) is 31.2 Å². The number of likely N-dealkylation sites (N-methyl/N-ethyl adjacent to an activating group) is 1. The Morgan fingerprint density at radius 2 is 1.84 bits per heavy atom. The number of hydrogen-bond donors (Lipinski definition) is 1. The number of aromatic nitrogens is 2. The summed E-state index contributed by atoms with van der Waals surface area (Å²) in [7, 11) is 2.15. The maximum absolute atomic E-state index is 15.2. The highest BCUT2D eigenvalue weighted by Gasteiger charge is 2.27. The molecule has 4 heterocycles. The minimum absolute atomic E-state index is 0.106. The monoisotopic (exact) mass is 605 g/mol. The van der Waals surface area contributed by atoms with Crippen LogP contribution in [0.5, 0.6) is 5.75 Å². The van der Waals surface area contributed by atoms with Gasteiger partial charge in [0.1, 0.15) is 6.33 Å². The first-order valence-electron chi connectivity index (χ1n) is 16.0.